The zero-order valence-corrected chi connectivity index (χ0v) is 15.9. The van der Waals surface area contributed by atoms with E-state index in [-0.39, 0.29) is 36.8 Å². The number of nitrogens with one attached hydrogen (secondary N) is 2. The Morgan fingerprint density at radius 3 is 2.33 bits per heavy atom. The molecule has 0 atom stereocenters. The molecule has 0 saturated heterocycles. The fourth-order valence-electron chi connectivity index (χ4n) is 2.84. The van der Waals surface area contributed by atoms with Crippen LogP contribution in [0.5, 0.6) is 0 Å². The lowest BCUT2D eigenvalue weighted by atomic mass is 10.1. The van der Waals surface area contributed by atoms with Gasteiger partial charge in [0, 0.05) is 24.2 Å². The molecule has 154 valence electrons. The van der Waals surface area contributed by atoms with Gasteiger partial charge in [-0.15, -0.1) is 0 Å². The third kappa shape index (κ3) is 5.94. The molecule has 7 heteroatoms. The minimum absolute atomic E-state index is 0.0152. The first-order chi connectivity index (χ1) is 14.4. The predicted molar refractivity (Wildman–Crippen MR) is 107 cm³/mol. The van der Waals surface area contributed by atoms with Gasteiger partial charge in [0.1, 0.15) is 17.5 Å². The first-order valence-electron chi connectivity index (χ1n) is 9.27. The van der Waals surface area contributed by atoms with E-state index in [4.69, 9.17) is 0 Å². The van der Waals surface area contributed by atoms with Crippen LogP contribution in [0.4, 0.5) is 18.9 Å². The number of amides is 2. The number of halogens is 3. The lowest BCUT2D eigenvalue weighted by molar-refractivity contribution is -0.121. The molecule has 0 bridgehead atoms. The summed E-state index contributed by atoms with van der Waals surface area (Å²) in [7, 11) is 0. The van der Waals surface area contributed by atoms with Gasteiger partial charge in [0.05, 0.1) is 0 Å². The fraction of sp³-hybridized carbons (Fsp3) is 0.130. The van der Waals surface area contributed by atoms with Crippen LogP contribution in [-0.2, 0) is 17.8 Å². The van der Waals surface area contributed by atoms with Gasteiger partial charge in [0.25, 0.3) is 5.91 Å². The van der Waals surface area contributed by atoms with Crippen LogP contribution in [0.3, 0.4) is 0 Å². The molecule has 0 heterocycles. The summed E-state index contributed by atoms with van der Waals surface area (Å²) in [5.74, 6) is -2.21. The van der Waals surface area contributed by atoms with Gasteiger partial charge >= 0.3 is 0 Å². The van der Waals surface area contributed by atoms with Crippen molar-refractivity contribution in [2.24, 2.45) is 0 Å². The molecule has 4 nitrogen and oxygen atoms in total. The van der Waals surface area contributed by atoms with Crippen LogP contribution in [-0.4, -0.2) is 11.8 Å². The molecular formula is C23H19F3N2O2. The predicted octanol–water partition coefficient (Wildman–Crippen LogP) is 4.61. The number of hydrogen-bond donors (Lipinski definition) is 2. The van der Waals surface area contributed by atoms with Gasteiger partial charge in [0.2, 0.25) is 5.91 Å². The average Bonchev–Trinajstić information content (AvgIpc) is 2.73. The molecule has 0 aromatic heterocycles. The Balaban J connectivity index is 1.52. The van der Waals surface area contributed by atoms with E-state index in [1.807, 2.05) is 0 Å². The molecule has 3 rings (SSSR count). The van der Waals surface area contributed by atoms with Crippen LogP contribution in [0.1, 0.15) is 27.9 Å². The van der Waals surface area contributed by atoms with Gasteiger partial charge in [-0.1, -0.05) is 12.1 Å². The summed E-state index contributed by atoms with van der Waals surface area (Å²) in [5.41, 5.74) is 1.74. The van der Waals surface area contributed by atoms with Crippen LogP contribution >= 0.6 is 0 Å². The summed E-state index contributed by atoms with van der Waals surface area (Å²) in [4.78, 5) is 24.2. The molecule has 0 aliphatic rings. The van der Waals surface area contributed by atoms with Gasteiger partial charge in [-0.25, -0.2) is 13.2 Å². The van der Waals surface area contributed by atoms with Crippen molar-refractivity contribution in [3.05, 3.63) is 101 Å². The standard InChI is InChI=1S/C23H19F3N2O2/c24-18-7-4-16(5-8-18)23(30)28-20-3-1-2-15(12-20)14-27-22(29)11-6-17-13-19(25)9-10-21(17)26/h1-5,7-10,12-13H,6,11,14H2,(H,27,29)(H,28,30). The minimum Gasteiger partial charge on any atom is -0.352 e. The van der Waals surface area contributed by atoms with Gasteiger partial charge < -0.3 is 10.6 Å². The highest BCUT2D eigenvalue weighted by Crippen LogP contribution is 2.14. The number of carbonyl (C=O) groups is 2. The first kappa shape index (κ1) is 21.1. The number of aryl methyl sites for hydroxylation is 1. The molecule has 30 heavy (non-hydrogen) atoms. The van der Waals surface area contributed by atoms with Gasteiger partial charge in [-0.2, -0.15) is 0 Å². The molecule has 0 spiro atoms. The van der Waals surface area contributed by atoms with E-state index in [2.05, 4.69) is 10.6 Å². The summed E-state index contributed by atoms with van der Waals surface area (Å²) in [6.07, 6.45) is 0.102. The first-order valence-corrected chi connectivity index (χ1v) is 9.27. The maximum Gasteiger partial charge on any atom is 0.255 e. The van der Waals surface area contributed by atoms with Crippen molar-refractivity contribution in [2.45, 2.75) is 19.4 Å². The van der Waals surface area contributed by atoms with Crippen molar-refractivity contribution in [3.63, 3.8) is 0 Å². The van der Waals surface area contributed by atoms with Crippen LogP contribution in [0.2, 0.25) is 0 Å². The molecule has 0 saturated carbocycles. The number of benzene rings is 3. The summed E-state index contributed by atoms with van der Waals surface area (Å²) in [5, 5.41) is 5.42. The third-order valence-corrected chi connectivity index (χ3v) is 4.41. The van der Waals surface area contributed by atoms with Crippen LogP contribution in [0.25, 0.3) is 0 Å². The second-order valence-electron chi connectivity index (χ2n) is 6.67. The molecule has 0 radical (unpaired) electrons. The smallest absolute Gasteiger partial charge is 0.255 e. The summed E-state index contributed by atoms with van der Waals surface area (Å²) in [6, 6.07) is 15.2. The van der Waals surface area contributed by atoms with E-state index < -0.39 is 17.5 Å². The van der Waals surface area contributed by atoms with E-state index >= 15 is 0 Å². The van der Waals surface area contributed by atoms with Crippen LogP contribution in [0, 0.1) is 17.5 Å². The van der Waals surface area contributed by atoms with E-state index in [9.17, 15) is 22.8 Å². The second kappa shape index (κ2) is 9.73. The van der Waals surface area contributed by atoms with E-state index in [0.717, 1.165) is 23.8 Å². The third-order valence-electron chi connectivity index (χ3n) is 4.41. The highest BCUT2D eigenvalue weighted by Gasteiger charge is 2.09. The van der Waals surface area contributed by atoms with Crippen molar-refractivity contribution >= 4 is 17.5 Å². The van der Waals surface area contributed by atoms with Crippen molar-refractivity contribution in [3.8, 4) is 0 Å². The largest absolute Gasteiger partial charge is 0.352 e. The van der Waals surface area contributed by atoms with Crippen molar-refractivity contribution in [2.75, 3.05) is 5.32 Å². The maximum absolute atomic E-state index is 13.6. The fourth-order valence-corrected chi connectivity index (χ4v) is 2.84. The van der Waals surface area contributed by atoms with E-state index in [0.29, 0.717) is 11.3 Å². The van der Waals surface area contributed by atoms with Gasteiger partial charge in [0.15, 0.2) is 0 Å². The molecule has 0 aliphatic heterocycles. The van der Waals surface area contributed by atoms with E-state index in [1.54, 1.807) is 24.3 Å². The summed E-state index contributed by atoms with van der Waals surface area (Å²) < 4.78 is 39.8. The molecule has 3 aromatic carbocycles. The van der Waals surface area contributed by atoms with Crippen molar-refractivity contribution < 1.29 is 22.8 Å². The number of anilines is 1. The van der Waals surface area contributed by atoms with Gasteiger partial charge in [-0.05, 0) is 72.1 Å². The average molecular weight is 412 g/mol. The highest BCUT2D eigenvalue weighted by molar-refractivity contribution is 6.04. The number of carbonyl (C=O) groups excluding carboxylic acids is 2. The molecule has 2 N–H and O–H groups in total. The molecular weight excluding hydrogens is 393 g/mol. The van der Waals surface area contributed by atoms with Gasteiger partial charge in [-0.3, -0.25) is 9.59 Å². The Kier molecular flexibility index (Phi) is 6.85. The van der Waals surface area contributed by atoms with E-state index in [1.165, 1.54) is 24.3 Å². The topological polar surface area (TPSA) is 58.2 Å². The Bertz CT molecular complexity index is 1050. The number of rotatable bonds is 7. The SMILES string of the molecule is O=C(CCc1cc(F)ccc1F)NCc1cccc(NC(=O)c2ccc(F)cc2)c1. The van der Waals surface area contributed by atoms with Crippen molar-refractivity contribution in [1.82, 2.24) is 5.32 Å². The normalized spacial score (nSPS) is 10.5. The highest BCUT2D eigenvalue weighted by atomic mass is 19.1. The molecule has 3 aromatic rings. The lowest BCUT2D eigenvalue weighted by Crippen LogP contribution is -2.23. The summed E-state index contributed by atoms with van der Waals surface area (Å²) >= 11 is 0. The molecule has 0 aliphatic carbocycles. The quantitative estimate of drug-likeness (QED) is 0.596. The Hall–Kier alpha value is -3.61. The minimum atomic E-state index is -0.550. The zero-order valence-electron chi connectivity index (χ0n) is 15.9. The molecule has 0 fully saturated rings. The Morgan fingerprint density at radius 1 is 0.833 bits per heavy atom. The Morgan fingerprint density at radius 2 is 1.57 bits per heavy atom. The lowest BCUT2D eigenvalue weighted by Gasteiger charge is -2.09. The molecule has 0 unspecified atom stereocenters. The number of hydrogen-bond acceptors (Lipinski definition) is 2. The zero-order chi connectivity index (χ0) is 21.5. The second-order valence-corrected chi connectivity index (χ2v) is 6.67. The molecule has 2 amide bonds. The van der Waals surface area contributed by atoms with Crippen molar-refractivity contribution in [1.29, 1.82) is 0 Å². The van der Waals surface area contributed by atoms with Crippen LogP contribution < -0.4 is 10.6 Å². The monoisotopic (exact) mass is 412 g/mol. The Labute approximate surface area is 171 Å². The summed E-state index contributed by atoms with van der Waals surface area (Å²) in [6.45, 7) is 0.213. The maximum atomic E-state index is 13.6. The van der Waals surface area contributed by atoms with Crippen LogP contribution in [0.15, 0.2) is 66.7 Å².